The van der Waals surface area contributed by atoms with Crippen molar-refractivity contribution in [1.82, 2.24) is 9.97 Å². The van der Waals surface area contributed by atoms with Crippen molar-refractivity contribution in [3.05, 3.63) is 27.2 Å². The summed E-state index contributed by atoms with van der Waals surface area (Å²) in [6.45, 7) is 2.89. The molecule has 2 rings (SSSR count). The highest BCUT2D eigenvalue weighted by molar-refractivity contribution is 7.15. The quantitative estimate of drug-likeness (QED) is 0.908. The van der Waals surface area contributed by atoms with E-state index < -0.39 is 0 Å². The van der Waals surface area contributed by atoms with Crippen molar-refractivity contribution in [2.24, 2.45) is 0 Å². The van der Waals surface area contributed by atoms with Gasteiger partial charge in [-0.15, -0.1) is 11.3 Å². The number of nitrogens with zero attached hydrogens (tertiary/aromatic N) is 3. The first-order chi connectivity index (χ1) is 7.70. The van der Waals surface area contributed by atoms with Gasteiger partial charge in [0.05, 0.1) is 29.2 Å². The lowest BCUT2D eigenvalue weighted by Gasteiger charge is -2.14. The Kier molecular flexibility index (Phi) is 3.52. The van der Waals surface area contributed by atoms with E-state index in [0.29, 0.717) is 0 Å². The van der Waals surface area contributed by atoms with Crippen LogP contribution in [0.25, 0.3) is 0 Å². The Morgan fingerprint density at radius 3 is 2.81 bits per heavy atom. The highest BCUT2D eigenvalue weighted by Gasteiger charge is 2.09. The number of hydrogen-bond donors (Lipinski definition) is 1. The van der Waals surface area contributed by atoms with Gasteiger partial charge < -0.3 is 10.0 Å². The van der Waals surface area contributed by atoms with Crippen LogP contribution >= 0.6 is 22.7 Å². The van der Waals surface area contributed by atoms with Gasteiger partial charge in [-0.1, -0.05) is 11.3 Å². The minimum absolute atomic E-state index is 0.0606. The molecule has 4 nitrogen and oxygen atoms in total. The van der Waals surface area contributed by atoms with Gasteiger partial charge in [-0.05, 0) is 6.92 Å². The molecule has 2 aromatic heterocycles. The lowest BCUT2D eigenvalue weighted by atomic mass is 10.4. The summed E-state index contributed by atoms with van der Waals surface area (Å²) in [7, 11) is 2.00. The van der Waals surface area contributed by atoms with Crippen molar-refractivity contribution in [2.75, 3.05) is 11.9 Å². The maximum Gasteiger partial charge on any atom is 0.185 e. The van der Waals surface area contributed by atoms with E-state index in [1.165, 1.54) is 16.2 Å². The SMILES string of the molecule is Cc1ncsc1CN(C)c1ncc(CO)s1. The summed E-state index contributed by atoms with van der Waals surface area (Å²) in [4.78, 5) is 12.7. The van der Waals surface area contributed by atoms with Gasteiger partial charge in [0.15, 0.2) is 5.13 Å². The van der Waals surface area contributed by atoms with E-state index in [4.69, 9.17) is 5.11 Å². The summed E-state index contributed by atoms with van der Waals surface area (Å²) in [6, 6.07) is 0. The molecule has 0 radical (unpaired) electrons. The molecule has 0 saturated carbocycles. The molecule has 0 saturated heterocycles. The summed E-state index contributed by atoms with van der Waals surface area (Å²) < 4.78 is 0. The van der Waals surface area contributed by atoms with Crippen LogP contribution in [0.5, 0.6) is 0 Å². The van der Waals surface area contributed by atoms with Gasteiger partial charge in [-0.3, -0.25) is 0 Å². The number of anilines is 1. The number of thiazole rings is 2. The predicted molar refractivity (Wildman–Crippen MR) is 67.0 cm³/mol. The molecule has 0 fully saturated rings. The van der Waals surface area contributed by atoms with Crippen LogP contribution in [0.4, 0.5) is 5.13 Å². The molecule has 0 aliphatic rings. The van der Waals surface area contributed by atoms with E-state index in [1.54, 1.807) is 17.5 Å². The third-order valence-corrected chi connectivity index (χ3v) is 4.27. The van der Waals surface area contributed by atoms with Gasteiger partial charge in [-0.2, -0.15) is 0 Å². The van der Waals surface area contributed by atoms with Gasteiger partial charge in [0.2, 0.25) is 0 Å². The Balaban J connectivity index is 2.08. The molecule has 2 aromatic rings. The lowest BCUT2D eigenvalue weighted by molar-refractivity contribution is 0.285. The van der Waals surface area contributed by atoms with E-state index in [9.17, 15) is 0 Å². The fraction of sp³-hybridized carbons (Fsp3) is 0.400. The van der Waals surface area contributed by atoms with E-state index in [2.05, 4.69) is 14.9 Å². The molecule has 0 aliphatic heterocycles. The van der Waals surface area contributed by atoms with E-state index in [1.807, 2.05) is 19.5 Å². The van der Waals surface area contributed by atoms with E-state index >= 15 is 0 Å². The lowest BCUT2D eigenvalue weighted by Crippen LogP contribution is -2.15. The second kappa shape index (κ2) is 4.90. The Morgan fingerprint density at radius 2 is 2.25 bits per heavy atom. The minimum Gasteiger partial charge on any atom is -0.391 e. The zero-order valence-electron chi connectivity index (χ0n) is 9.17. The number of aromatic nitrogens is 2. The topological polar surface area (TPSA) is 49.2 Å². The molecule has 0 aromatic carbocycles. The maximum absolute atomic E-state index is 8.98. The predicted octanol–water partition coefficient (Wildman–Crippen LogP) is 2.04. The van der Waals surface area contributed by atoms with Gasteiger partial charge in [-0.25, -0.2) is 9.97 Å². The number of aryl methyl sites for hydroxylation is 1. The van der Waals surface area contributed by atoms with Crippen molar-refractivity contribution < 1.29 is 5.11 Å². The van der Waals surface area contributed by atoms with Gasteiger partial charge in [0.1, 0.15) is 0 Å². The highest BCUT2D eigenvalue weighted by Crippen LogP contribution is 2.24. The average molecular weight is 255 g/mol. The smallest absolute Gasteiger partial charge is 0.185 e. The monoisotopic (exact) mass is 255 g/mol. The average Bonchev–Trinajstić information content (AvgIpc) is 2.88. The van der Waals surface area contributed by atoms with E-state index in [0.717, 1.165) is 22.2 Å². The maximum atomic E-state index is 8.98. The zero-order valence-corrected chi connectivity index (χ0v) is 10.8. The molecule has 0 aliphatic carbocycles. The first kappa shape index (κ1) is 11.5. The van der Waals surface area contributed by atoms with Crippen molar-refractivity contribution in [3.63, 3.8) is 0 Å². The number of aliphatic hydroxyl groups is 1. The van der Waals surface area contributed by atoms with Crippen LogP contribution in [0.1, 0.15) is 15.4 Å². The van der Waals surface area contributed by atoms with Crippen molar-refractivity contribution in [1.29, 1.82) is 0 Å². The van der Waals surface area contributed by atoms with Crippen LogP contribution in [0, 0.1) is 6.92 Å². The van der Waals surface area contributed by atoms with Crippen LogP contribution in [0.2, 0.25) is 0 Å². The largest absolute Gasteiger partial charge is 0.391 e. The number of aliphatic hydroxyl groups excluding tert-OH is 1. The Hall–Kier alpha value is -0.980. The van der Waals surface area contributed by atoms with Crippen molar-refractivity contribution in [3.8, 4) is 0 Å². The van der Waals surface area contributed by atoms with Crippen LogP contribution < -0.4 is 4.90 Å². The molecule has 0 spiro atoms. The van der Waals surface area contributed by atoms with Crippen LogP contribution in [0.3, 0.4) is 0 Å². The zero-order chi connectivity index (χ0) is 11.5. The third kappa shape index (κ3) is 2.40. The molecular weight excluding hydrogens is 242 g/mol. The first-order valence-electron chi connectivity index (χ1n) is 4.86. The normalized spacial score (nSPS) is 10.7. The molecule has 0 bridgehead atoms. The summed E-state index contributed by atoms with van der Waals surface area (Å²) >= 11 is 3.18. The summed E-state index contributed by atoms with van der Waals surface area (Å²) in [6.07, 6.45) is 1.72. The second-order valence-corrected chi connectivity index (χ2v) is 5.52. The number of hydrogen-bond acceptors (Lipinski definition) is 6. The summed E-state index contributed by atoms with van der Waals surface area (Å²) in [5, 5.41) is 9.91. The fourth-order valence-electron chi connectivity index (χ4n) is 1.31. The Labute approximate surface area is 102 Å². The molecule has 16 heavy (non-hydrogen) atoms. The standard InChI is InChI=1S/C10H13N3OS2/c1-7-9(15-6-12-7)4-13(2)10-11-3-8(5-14)16-10/h3,6,14H,4-5H2,1-2H3. The highest BCUT2D eigenvalue weighted by atomic mass is 32.1. The summed E-state index contributed by atoms with van der Waals surface area (Å²) in [5.74, 6) is 0. The molecule has 86 valence electrons. The molecule has 0 atom stereocenters. The second-order valence-electron chi connectivity index (χ2n) is 3.48. The minimum atomic E-state index is 0.0606. The van der Waals surface area contributed by atoms with Crippen LogP contribution in [0.15, 0.2) is 11.7 Å². The molecule has 2 heterocycles. The number of rotatable bonds is 4. The Bertz CT molecular complexity index is 466. The van der Waals surface area contributed by atoms with Gasteiger partial charge in [0, 0.05) is 18.1 Å². The third-order valence-electron chi connectivity index (χ3n) is 2.25. The van der Waals surface area contributed by atoms with Gasteiger partial charge in [0.25, 0.3) is 0 Å². The first-order valence-corrected chi connectivity index (χ1v) is 6.56. The van der Waals surface area contributed by atoms with Gasteiger partial charge >= 0.3 is 0 Å². The molecular formula is C10H13N3OS2. The molecule has 0 unspecified atom stereocenters. The van der Waals surface area contributed by atoms with Crippen LogP contribution in [-0.2, 0) is 13.2 Å². The fourth-order valence-corrected chi connectivity index (χ4v) is 2.87. The van der Waals surface area contributed by atoms with Crippen LogP contribution in [-0.4, -0.2) is 22.1 Å². The Morgan fingerprint density at radius 1 is 1.44 bits per heavy atom. The summed E-state index contributed by atoms with van der Waals surface area (Å²) in [5.41, 5.74) is 2.94. The van der Waals surface area contributed by atoms with Crippen molar-refractivity contribution >= 4 is 27.8 Å². The molecule has 1 N–H and O–H groups in total. The van der Waals surface area contributed by atoms with E-state index in [-0.39, 0.29) is 6.61 Å². The van der Waals surface area contributed by atoms with Crippen molar-refractivity contribution in [2.45, 2.75) is 20.1 Å². The molecule has 0 amide bonds. The molecule has 6 heteroatoms.